The van der Waals surface area contributed by atoms with Gasteiger partial charge in [0.05, 0.1) is 5.88 Å². The fraction of sp³-hybridized carbons (Fsp3) is 0.571. The second-order valence-electron chi connectivity index (χ2n) is 9.26. The standard InChI is InChI=1S/C26H37ClN2O4.C2H6/c1-19-14-21(6-9-25(19)33-17-22(30)15-27)26(2,3)20-4-7-24(8-5-20)32-18-23(31)16-29-12-10-28-11-13-29;1-2/h4-9,14,22-23,28,30-31H,10-13,15-18H2,1-3H3;1-2H3. The lowest BCUT2D eigenvalue weighted by molar-refractivity contribution is 0.0641. The Balaban J connectivity index is 0.00000210. The zero-order chi connectivity index (χ0) is 25.8. The molecule has 2 atom stereocenters. The van der Waals surface area contributed by atoms with Crippen molar-refractivity contribution < 1.29 is 19.7 Å². The van der Waals surface area contributed by atoms with Gasteiger partial charge in [-0.15, -0.1) is 11.6 Å². The minimum absolute atomic E-state index is 0.152. The fourth-order valence-electron chi connectivity index (χ4n) is 4.00. The molecule has 6 nitrogen and oxygen atoms in total. The van der Waals surface area contributed by atoms with E-state index in [9.17, 15) is 10.2 Å². The molecule has 7 heteroatoms. The van der Waals surface area contributed by atoms with E-state index in [2.05, 4.69) is 48.3 Å². The molecule has 0 saturated carbocycles. The lowest BCUT2D eigenvalue weighted by atomic mass is 9.77. The number of piperazine rings is 1. The summed E-state index contributed by atoms with van der Waals surface area (Å²) in [7, 11) is 0. The Morgan fingerprint density at radius 1 is 0.943 bits per heavy atom. The highest BCUT2D eigenvalue weighted by Gasteiger charge is 2.24. The van der Waals surface area contributed by atoms with Crippen molar-refractivity contribution in [3.05, 3.63) is 59.2 Å². The quantitative estimate of drug-likeness (QED) is 0.400. The molecule has 2 aromatic carbocycles. The molecule has 3 rings (SSSR count). The maximum absolute atomic E-state index is 10.3. The van der Waals surface area contributed by atoms with Gasteiger partial charge in [0.15, 0.2) is 0 Å². The van der Waals surface area contributed by atoms with Gasteiger partial charge in [-0.3, -0.25) is 4.90 Å². The first-order valence-electron chi connectivity index (χ1n) is 12.6. The monoisotopic (exact) mass is 506 g/mol. The summed E-state index contributed by atoms with van der Waals surface area (Å²) in [6.45, 7) is 15.3. The summed E-state index contributed by atoms with van der Waals surface area (Å²) in [5.74, 6) is 1.66. The van der Waals surface area contributed by atoms with Gasteiger partial charge < -0.3 is 25.0 Å². The lowest BCUT2D eigenvalue weighted by Gasteiger charge is -2.29. The van der Waals surface area contributed by atoms with Crippen LogP contribution in [-0.4, -0.2) is 79.1 Å². The highest BCUT2D eigenvalue weighted by molar-refractivity contribution is 6.18. The maximum Gasteiger partial charge on any atom is 0.122 e. The molecule has 2 aromatic rings. The minimum Gasteiger partial charge on any atom is -0.491 e. The molecule has 1 fully saturated rings. The molecule has 0 radical (unpaired) electrons. The number of hydrogen-bond acceptors (Lipinski definition) is 6. The van der Waals surface area contributed by atoms with Crippen LogP contribution in [0.25, 0.3) is 0 Å². The van der Waals surface area contributed by atoms with Gasteiger partial charge in [-0.2, -0.15) is 0 Å². The van der Waals surface area contributed by atoms with E-state index in [0.717, 1.165) is 43.2 Å². The van der Waals surface area contributed by atoms with E-state index in [1.165, 1.54) is 11.1 Å². The number of β-amino-alcohol motifs (C(OH)–C–C–N with tert-alkyl or cyclic N) is 1. The number of hydrogen-bond donors (Lipinski definition) is 3. The number of ether oxygens (including phenoxy) is 2. The number of nitrogens with zero attached hydrogens (tertiary/aromatic N) is 1. The maximum atomic E-state index is 10.3. The highest BCUT2D eigenvalue weighted by atomic mass is 35.5. The van der Waals surface area contributed by atoms with E-state index in [0.29, 0.717) is 6.54 Å². The van der Waals surface area contributed by atoms with Crippen molar-refractivity contribution in [1.29, 1.82) is 0 Å². The third-order valence-electron chi connectivity index (χ3n) is 6.20. The SMILES string of the molecule is CC.Cc1cc(C(C)(C)c2ccc(OCC(O)CN3CCNCC3)cc2)ccc1OCC(O)CCl. The number of alkyl halides is 1. The molecule has 0 aromatic heterocycles. The zero-order valence-corrected chi connectivity index (χ0v) is 22.6. The summed E-state index contributed by atoms with van der Waals surface area (Å²) in [5, 5.41) is 23.2. The molecule has 3 N–H and O–H groups in total. The Morgan fingerprint density at radius 2 is 1.54 bits per heavy atom. The molecule has 0 spiro atoms. The second-order valence-corrected chi connectivity index (χ2v) is 9.57. The molecule has 196 valence electrons. The van der Waals surface area contributed by atoms with Crippen LogP contribution >= 0.6 is 11.6 Å². The van der Waals surface area contributed by atoms with Crippen molar-refractivity contribution in [1.82, 2.24) is 10.2 Å². The Morgan fingerprint density at radius 3 is 2.14 bits per heavy atom. The van der Waals surface area contributed by atoms with Crippen LogP contribution in [0.3, 0.4) is 0 Å². The number of benzene rings is 2. The second kappa shape index (κ2) is 14.7. The molecule has 1 aliphatic heterocycles. The van der Waals surface area contributed by atoms with Crippen LogP contribution in [0.5, 0.6) is 11.5 Å². The highest BCUT2D eigenvalue weighted by Crippen LogP contribution is 2.34. The van der Waals surface area contributed by atoms with Gasteiger partial charge in [0, 0.05) is 38.1 Å². The number of aliphatic hydroxyl groups excluding tert-OH is 2. The van der Waals surface area contributed by atoms with Crippen LogP contribution in [-0.2, 0) is 5.41 Å². The van der Waals surface area contributed by atoms with E-state index in [4.69, 9.17) is 21.1 Å². The van der Waals surface area contributed by atoms with Crippen LogP contribution in [0, 0.1) is 6.92 Å². The van der Waals surface area contributed by atoms with Crippen molar-refractivity contribution in [3.8, 4) is 11.5 Å². The summed E-state index contributed by atoms with van der Waals surface area (Å²) < 4.78 is 11.5. The van der Waals surface area contributed by atoms with Crippen LogP contribution < -0.4 is 14.8 Å². The summed E-state index contributed by atoms with van der Waals surface area (Å²) in [6.07, 6.45) is -1.18. The summed E-state index contributed by atoms with van der Waals surface area (Å²) >= 11 is 5.64. The van der Waals surface area contributed by atoms with Crippen molar-refractivity contribution in [2.75, 3.05) is 51.8 Å². The molecule has 1 aliphatic rings. The molecule has 1 saturated heterocycles. The molecule has 0 amide bonds. The summed E-state index contributed by atoms with van der Waals surface area (Å²) in [5.41, 5.74) is 3.15. The van der Waals surface area contributed by atoms with Gasteiger partial charge in [-0.1, -0.05) is 52.0 Å². The van der Waals surface area contributed by atoms with Gasteiger partial charge in [-0.05, 0) is 41.8 Å². The van der Waals surface area contributed by atoms with E-state index in [-0.39, 0.29) is 24.5 Å². The first kappa shape index (κ1) is 29.4. The van der Waals surface area contributed by atoms with E-state index < -0.39 is 12.2 Å². The number of halogens is 1. The smallest absolute Gasteiger partial charge is 0.122 e. The average molecular weight is 507 g/mol. The van der Waals surface area contributed by atoms with Crippen LogP contribution in [0.15, 0.2) is 42.5 Å². The van der Waals surface area contributed by atoms with Crippen LogP contribution in [0.4, 0.5) is 0 Å². The molecular formula is C28H43ClN2O4. The van der Waals surface area contributed by atoms with Crippen molar-refractivity contribution in [3.63, 3.8) is 0 Å². The van der Waals surface area contributed by atoms with E-state index in [1.807, 2.05) is 39.0 Å². The molecule has 0 aliphatic carbocycles. The van der Waals surface area contributed by atoms with Gasteiger partial charge in [0.1, 0.15) is 36.9 Å². The number of rotatable bonds is 11. The normalized spacial score (nSPS) is 16.1. The molecule has 1 heterocycles. The van der Waals surface area contributed by atoms with Crippen molar-refractivity contribution in [2.24, 2.45) is 0 Å². The third kappa shape index (κ3) is 8.96. The molecular weight excluding hydrogens is 464 g/mol. The summed E-state index contributed by atoms with van der Waals surface area (Å²) in [4.78, 5) is 2.26. The number of aryl methyl sites for hydroxylation is 1. The van der Waals surface area contributed by atoms with Crippen LogP contribution in [0.1, 0.15) is 44.4 Å². The average Bonchev–Trinajstić information content (AvgIpc) is 2.88. The fourth-order valence-corrected chi connectivity index (χ4v) is 4.09. The van der Waals surface area contributed by atoms with Gasteiger partial charge in [-0.25, -0.2) is 0 Å². The first-order chi connectivity index (χ1) is 16.8. The Labute approximate surface area is 216 Å². The minimum atomic E-state index is -0.675. The van der Waals surface area contributed by atoms with E-state index >= 15 is 0 Å². The molecule has 2 unspecified atom stereocenters. The Hall–Kier alpha value is -1.83. The number of aliphatic hydroxyl groups is 2. The van der Waals surface area contributed by atoms with Crippen molar-refractivity contribution >= 4 is 11.6 Å². The van der Waals surface area contributed by atoms with Gasteiger partial charge in [0.25, 0.3) is 0 Å². The third-order valence-corrected chi connectivity index (χ3v) is 6.56. The Bertz CT molecular complexity index is 870. The van der Waals surface area contributed by atoms with Crippen LogP contribution in [0.2, 0.25) is 0 Å². The topological polar surface area (TPSA) is 74.2 Å². The number of nitrogens with one attached hydrogen (secondary N) is 1. The summed E-state index contributed by atoms with van der Waals surface area (Å²) in [6, 6.07) is 14.2. The predicted octanol–water partition coefficient (Wildman–Crippen LogP) is 3.97. The Kier molecular flexibility index (Phi) is 12.3. The van der Waals surface area contributed by atoms with Crippen molar-refractivity contribution in [2.45, 2.75) is 52.2 Å². The first-order valence-corrected chi connectivity index (χ1v) is 13.2. The molecule has 0 bridgehead atoms. The molecule has 35 heavy (non-hydrogen) atoms. The van der Waals surface area contributed by atoms with Gasteiger partial charge in [0.2, 0.25) is 0 Å². The zero-order valence-electron chi connectivity index (χ0n) is 21.9. The predicted molar refractivity (Wildman–Crippen MR) is 144 cm³/mol. The van der Waals surface area contributed by atoms with E-state index in [1.54, 1.807) is 0 Å². The largest absolute Gasteiger partial charge is 0.491 e. The van der Waals surface area contributed by atoms with Gasteiger partial charge >= 0.3 is 0 Å². The lowest BCUT2D eigenvalue weighted by Crippen LogP contribution is -2.47.